The molecule has 1 N–H and O–H groups in total. The van der Waals surface area contributed by atoms with Gasteiger partial charge in [-0.15, -0.1) is 0 Å². The van der Waals surface area contributed by atoms with Crippen molar-refractivity contribution >= 4 is 10.0 Å². The number of sulfonamides is 1. The zero-order valence-corrected chi connectivity index (χ0v) is 15.4. The number of alkyl halides is 3. The van der Waals surface area contributed by atoms with Crippen molar-refractivity contribution in [1.29, 1.82) is 0 Å². The van der Waals surface area contributed by atoms with Crippen LogP contribution >= 0.6 is 0 Å². The van der Waals surface area contributed by atoms with E-state index in [9.17, 15) is 21.6 Å². The normalized spacial score (nSPS) is 19.0. The van der Waals surface area contributed by atoms with Crippen molar-refractivity contribution in [2.45, 2.75) is 55.1 Å². The first-order chi connectivity index (χ1) is 11.6. The molecule has 2 rings (SSSR count). The summed E-state index contributed by atoms with van der Waals surface area (Å²) in [4.78, 5) is 1.28. The Bertz CT molecular complexity index is 679. The number of rotatable bonds is 5. The zero-order chi connectivity index (χ0) is 18.7. The third kappa shape index (κ3) is 4.74. The van der Waals surface area contributed by atoms with Gasteiger partial charge in [-0.3, -0.25) is 0 Å². The Balaban J connectivity index is 2.27. The summed E-state index contributed by atoms with van der Waals surface area (Å²) in [7, 11) is -0.469. The van der Waals surface area contributed by atoms with E-state index in [1.807, 2.05) is 19.0 Å². The van der Waals surface area contributed by atoms with Crippen molar-refractivity contribution in [2.24, 2.45) is 0 Å². The lowest BCUT2D eigenvalue weighted by Crippen LogP contribution is -2.52. The van der Waals surface area contributed by atoms with Gasteiger partial charge < -0.3 is 4.90 Å². The lowest BCUT2D eigenvalue weighted by Gasteiger charge is -2.39. The topological polar surface area (TPSA) is 49.4 Å². The number of nitrogens with zero attached hydrogens (tertiary/aromatic N) is 1. The maximum Gasteiger partial charge on any atom is 0.417 e. The fourth-order valence-electron chi connectivity index (χ4n) is 3.41. The minimum Gasteiger partial charge on any atom is -0.302 e. The first-order valence-electron chi connectivity index (χ1n) is 8.42. The van der Waals surface area contributed by atoms with Crippen molar-refractivity contribution in [3.8, 4) is 0 Å². The molecular weight excluding hydrogens is 353 g/mol. The van der Waals surface area contributed by atoms with E-state index in [2.05, 4.69) is 4.72 Å². The standard InChI is InChI=1S/C17H25F3N2O2S/c1-22(2)16(11-7-3-4-8-12-16)13-21-25(23,24)15-10-6-5-9-14(15)17(18,19)20/h5-6,9-10,21H,3-4,7-8,11-13H2,1-2H3. The summed E-state index contributed by atoms with van der Waals surface area (Å²) in [6, 6.07) is 4.29. The summed E-state index contributed by atoms with van der Waals surface area (Å²) < 4.78 is 67.0. The number of nitrogens with one attached hydrogen (secondary N) is 1. The number of hydrogen-bond acceptors (Lipinski definition) is 3. The van der Waals surface area contributed by atoms with Gasteiger partial charge in [0.25, 0.3) is 0 Å². The number of halogens is 3. The highest BCUT2D eigenvalue weighted by atomic mass is 32.2. The van der Waals surface area contributed by atoms with Gasteiger partial charge in [-0.1, -0.05) is 37.8 Å². The van der Waals surface area contributed by atoms with Crippen LogP contribution in [0.4, 0.5) is 13.2 Å². The molecule has 1 aromatic carbocycles. The molecule has 0 heterocycles. The van der Waals surface area contributed by atoms with E-state index in [1.165, 1.54) is 12.1 Å². The molecule has 1 fully saturated rings. The van der Waals surface area contributed by atoms with Crippen LogP contribution in [-0.4, -0.2) is 39.5 Å². The molecule has 1 aliphatic carbocycles. The van der Waals surface area contributed by atoms with Gasteiger partial charge in [-0.05, 0) is 39.1 Å². The third-order valence-corrected chi connectivity index (χ3v) is 6.52. The van der Waals surface area contributed by atoms with E-state index < -0.39 is 26.7 Å². The Morgan fingerprint density at radius 3 is 2.16 bits per heavy atom. The highest BCUT2D eigenvalue weighted by Gasteiger charge is 2.39. The van der Waals surface area contributed by atoms with Gasteiger partial charge >= 0.3 is 6.18 Å². The highest BCUT2D eigenvalue weighted by Crippen LogP contribution is 2.35. The molecule has 0 bridgehead atoms. The Morgan fingerprint density at radius 2 is 1.64 bits per heavy atom. The van der Waals surface area contributed by atoms with E-state index in [0.717, 1.165) is 50.7 Å². The van der Waals surface area contributed by atoms with Gasteiger partial charge in [0.15, 0.2) is 0 Å². The number of benzene rings is 1. The fourth-order valence-corrected chi connectivity index (χ4v) is 4.76. The lowest BCUT2D eigenvalue weighted by molar-refractivity contribution is -0.139. The van der Waals surface area contributed by atoms with Crippen LogP contribution in [0.15, 0.2) is 29.2 Å². The maximum absolute atomic E-state index is 13.1. The van der Waals surface area contributed by atoms with Gasteiger partial charge in [-0.2, -0.15) is 13.2 Å². The molecule has 1 aromatic rings. The molecule has 0 amide bonds. The van der Waals surface area contributed by atoms with Crippen LogP contribution < -0.4 is 4.72 Å². The molecule has 0 aromatic heterocycles. The molecule has 1 aliphatic rings. The molecule has 0 spiro atoms. The number of likely N-dealkylation sites (N-methyl/N-ethyl adjacent to an activating group) is 1. The van der Waals surface area contributed by atoms with Gasteiger partial charge in [0.05, 0.1) is 10.5 Å². The Morgan fingerprint density at radius 1 is 1.08 bits per heavy atom. The molecule has 1 saturated carbocycles. The second-order valence-corrected chi connectivity index (χ2v) is 8.59. The van der Waals surface area contributed by atoms with E-state index in [4.69, 9.17) is 0 Å². The smallest absolute Gasteiger partial charge is 0.302 e. The predicted octanol–water partition coefficient (Wildman–Crippen LogP) is 3.64. The van der Waals surface area contributed by atoms with Crippen molar-refractivity contribution in [1.82, 2.24) is 9.62 Å². The van der Waals surface area contributed by atoms with E-state index in [0.29, 0.717) is 0 Å². The Labute approximate surface area is 147 Å². The molecule has 0 saturated heterocycles. The summed E-state index contributed by atoms with van der Waals surface area (Å²) in [5.74, 6) is 0. The fraction of sp³-hybridized carbons (Fsp3) is 0.647. The second-order valence-electron chi connectivity index (χ2n) is 6.85. The summed E-state index contributed by atoms with van der Waals surface area (Å²) in [5.41, 5.74) is -1.50. The Hall–Kier alpha value is -1.12. The summed E-state index contributed by atoms with van der Waals surface area (Å²) in [6.07, 6.45) is 1.09. The van der Waals surface area contributed by atoms with Crippen molar-refractivity contribution < 1.29 is 21.6 Å². The van der Waals surface area contributed by atoms with Gasteiger partial charge in [0.2, 0.25) is 10.0 Å². The van der Waals surface area contributed by atoms with E-state index in [-0.39, 0.29) is 12.1 Å². The predicted molar refractivity (Wildman–Crippen MR) is 90.8 cm³/mol. The molecule has 0 radical (unpaired) electrons. The van der Waals surface area contributed by atoms with Crippen molar-refractivity contribution in [2.75, 3.05) is 20.6 Å². The molecule has 8 heteroatoms. The van der Waals surface area contributed by atoms with Crippen LogP contribution in [-0.2, 0) is 16.2 Å². The zero-order valence-electron chi connectivity index (χ0n) is 14.6. The third-order valence-electron chi connectivity index (χ3n) is 5.06. The van der Waals surface area contributed by atoms with Crippen molar-refractivity contribution in [3.63, 3.8) is 0 Å². The average Bonchev–Trinajstić information content (AvgIpc) is 2.79. The molecule has 4 nitrogen and oxygen atoms in total. The monoisotopic (exact) mass is 378 g/mol. The lowest BCUT2D eigenvalue weighted by atomic mass is 9.89. The number of hydrogen-bond donors (Lipinski definition) is 1. The Kier molecular flexibility index (Phi) is 6.17. The summed E-state index contributed by atoms with van der Waals surface area (Å²) in [5, 5.41) is 0. The maximum atomic E-state index is 13.1. The highest BCUT2D eigenvalue weighted by molar-refractivity contribution is 7.89. The van der Waals surface area contributed by atoms with Gasteiger partial charge in [0, 0.05) is 12.1 Å². The van der Waals surface area contributed by atoms with Gasteiger partial charge in [0.1, 0.15) is 0 Å². The van der Waals surface area contributed by atoms with Crippen LogP contribution in [0.2, 0.25) is 0 Å². The SMILES string of the molecule is CN(C)C1(CNS(=O)(=O)c2ccccc2C(F)(F)F)CCCCCC1. The largest absolute Gasteiger partial charge is 0.417 e. The first kappa shape index (κ1) is 20.2. The molecule has 0 unspecified atom stereocenters. The quantitative estimate of drug-likeness (QED) is 0.796. The van der Waals surface area contributed by atoms with Crippen LogP contribution in [0.1, 0.15) is 44.1 Å². The van der Waals surface area contributed by atoms with Crippen LogP contribution in [0.3, 0.4) is 0 Å². The molecular formula is C17H25F3N2O2S. The van der Waals surface area contributed by atoms with Crippen LogP contribution in [0, 0.1) is 0 Å². The second kappa shape index (κ2) is 7.63. The molecule has 0 aliphatic heterocycles. The van der Waals surface area contributed by atoms with E-state index in [1.54, 1.807) is 0 Å². The molecule has 0 atom stereocenters. The first-order valence-corrected chi connectivity index (χ1v) is 9.90. The summed E-state index contributed by atoms with van der Waals surface area (Å²) in [6.45, 7) is 0.106. The summed E-state index contributed by atoms with van der Waals surface area (Å²) >= 11 is 0. The van der Waals surface area contributed by atoms with E-state index >= 15 is 0 Å². The van der Waals surface area contributed by atoms with Crippen LogP contribution in [0.25, 0.3) is 0 Å². The van der Waals surface area contributed by atoms with Gasteiger partial charge in [-0.25, -0.2) is 13.1 Å². The average molecular weight is 378 g/mol. The molecule has 142 valence electrons. The van der Waals surface area contributed by atoms with Crippen LogP contribution in [0.5, 0.6) is 0 Å². The minimum absolute atomic E-state index is 0.106. The molecule has 25 heavy (non-hydrogen) atoms. The van der Waals surface area contributed by atoms with Crippen molar-refractivity contribution in [3.05, 3.63) is 29.8 Å². The minimum atomic E-state index is -4.72.